The standard InChI is InChI=1S/C40H55N3O7/c1-11-13-14-15-26-27-18-24(27)19-32(26)48-34(44)21-28(39(4,5)6)37(45)43-22-33(23(3)35(43)38(46)50-40(7,8)9)49-36-29(12-2)41-30-17-16-25(47-10)20-31(30)42-36/h11-12,16-17,20,23-24,26-28,32-33,35H,1-2,13-15,18-19,21-22H2,3-10H3/t23-,24+,26-,27+,28-,32-,33+,35+/m1/s1. The van der Waals surface area contributed by atoms with E-state index in [-0.39, 0.29) is 36.8 Å². The summed E-state index contributed by atoms with van der Waals surface area (Å²) in [5.41, 5.74) is 0.281. The molecule has 1 saturated heterocycles. The zero-order valence-corrected chi connectivity index (χ0v) is 31.1. The van der Waals surface area contributed by atoms with Crippen molar-refractivity contribution < 1.29 is 33.3 Å². The molecule has 0 N–H and O–H groups in total. The molecule has 1 aromatic heterocycles. The Kier molecular flexibility index (Phi) is 11.0. The molecule has 8 atom stereocenters. The van der Waals surface area contributed by atoms with Crippen LogP contribution in [0.4, 0.5) is 0 Å². The number of fused-ring (bicyclic) bond motifs is 2. The number of aromatic nitrogens is 2. The zero-order chi connectivity index (χ0) is 36.5. The fraction of sp³-hybridized carbons (Fsp3) is 0.625. The van der Waals surface area contributed by atoms with Gasteiger partial charge in [-0.1, -0.05) is 40.3 Å². The summed E-state index contributed by atoms with van der Waals surface area (Å²) in [5.74, 6) is 0.0834. The normalized spacial score (nSPS) is 26.6. The molecule has 10 nitrogen and oxygen atoms in total. The van der Waals surface area contributed by atoms with Crippen LogP contribution in [-0.4, -0.2) is 70.2 Å². The molecule has 2 heterocycles. The van der Waals surface area contributed by atoms with E-state index in [1.165, 1.54) is 6.42 Å². The Morgan fingerprint density at radius 2 is 1.78 bits per heavy atom. The molecule has 3 aliphatic rings. The maximum absolute atomic E-state index is 14.6. The first-order chi connectivity index (χ1) is 23.5. The van der Waals surface area contributed by atoms with Crippen molar-refractivity contribution in [1.82, 2.24) is 14.9 Å². The number of likely N-dealkylation sites (tertiary alicyclic amines) is 1. The number of amides is 1. The number of nitrogens with zero attached hydrogens (tertiary/aromatic N) is 3. The molecule has 0 spiro atoms. The second kappa shape index (κ2) is 14.7. The number of esters is 2. The maximum atomic E-state index is 14.6. The third kappa shape index (κ3) is 8.32. The number of carbonyl (C=O) groups excluding carboxylic acids is 3. The number of ether oxygens (including phenoxy) is 4. The number of benzene rings is 1. The molecule has 1 aliphatic heterocycles. The Hall–Kier alpha value is -3.95. The maximum Gasteiger partial charge on any atom is 0.329 e. The van der Waals surface area contributed by atoms with E-state index in [9.17, 15) is 14.4 Å². The lowest BCUT2D eigenvalue weighted by molar-refractivity contribution is -0.167. The van der Waals surface area contributed by atoms with Gasteiger partial charge in [0.1, 0.15) is 35.3 Å². The molecule has 1 aromatic carbocycles. The van der Waals surface area contributed by atoms with Crippen molar-refractivity contribution in [2.24, 2.45) is 35.0 Å². The van der Waals surface area contributed by atoms with Crippen molar-refractivity contribution in [3.05, 3.63) is 43.1 Å². The minimum absolute atomic E-state index is 0.0798. The molecule has 0 unspecified atom stereocenters. The molecule has 3 fully saturated rings. The van der Waals surface area contributed by atoms with E-state index in [1.54, 1.807) is 51.0 Å². The van der Waals surface area contributed by atoms with Crippen molar-refractivity contribution >= 4 is 35.0 Å². The number of methoxy groups -OCH3 is 1. The molecule has 2 aromatic rings. The zero-order valence-electron chi connectivity index (χ0n) is 31.1. The highest BCUT2D eigenvalue weighted by molar-refractivity contribution is 5.89. The van der Waals surface area contributed by atoms with Gasteiger partial charge in [-0.3, -0.25) is 9.59 Å². The molecule has 0 radical (unpaired) electrons. The molecule has 2 saturated carbocycles. The number of hydrogen-bond acceptors (Lipinski definition) is 9. The van der Waals surface area contributed by atoms with Gasteiger partial charge in [-0.05, 0) is 94.3 Å². The number of carbonyl (C=O) groups is 3. The van der Waals surface area contributed by atoms with E-state index in [0.717, 1.165) is 25.7 Å². The Morgan fingerprint density at radius 3 is 2.42 bits per heavy atom. The Morgan fingerprint density at radius 1 is 1.04 bits per heavy atom. The Balaban J connectivity index is 1.39. The summed E-state index contributed by atoms with van der Waals surface area (Å²) >= 11 is 0. The molecule has 10 heteroatoms. The van der Waals surface area contributed by atoms with Crippen LogP contribution in [-0.2, 0) is 23.9 Å². The van der Waals surface area contributed by atoms with Crippen LogP contribution in [0.25, 0.3) is 17.1 Å². The van der Waals surface area contributed by atoms with Gasteiger partial charge in [-0.2, -0.15) is 0 Å². The summed E-state index contributed by atoms with van der Waals surface area (Å²) in [6, 6.07) is 4.44. The minimum Gasteiger partial charge on any atom is -0.497 e. The molecule has 0 bridgehead atoms. The van der Waals surface area contributed by atoms with Crippen LogP contribution < -0.4 is 9.47 Å². The van der Waals surface area contributed by atoms with Crippen molar-refractivity contribution in [1.29, 1.82) is 0 Å². The third-order valence-electron chi connectivity index (χ3n) is 10.5. The molecule has 272 valence electrons. The highest BCUT2D eigenvalue weighted by Crippen LogP contribution is 2.57. The first-order valence-electron chi connectivity index (χ1n) is 18.0. The second-order valence-electron chi connectivity index (χ2n) is 16.4. The van der Waals surface area contributed by atoms with Gasteiger partial charge >= 0.3 is 11.9 Å². The van der Waals surface area contributed by atoms with Gasteiger partial charge in [0, 0.05) is 12.0 Å². The molecule has 5 rings (SSSR count). The smallest absolute Gasteiger partial charge is 0.329 e. The summed E-state index contributed by atoms with van der Waals surface area (Å²) in [7, 11) is 1.58. The molecule has 50 heavy (non-hydrogen) atoms. The van der Waals surface area contributed by atoms with Gasteiger partial charge in [-0.15, -0.1) is 6.58 Å². The van der Waals surface area contributed by atoms with Crippen LogP contribution in [0.3, 0.4) is 0 Å². The predicted octanol–water partition coefficient (Wildman–Crippen LogP) is 7.19. The average molecular weight is 690 g/mol. The molecular weight excluding hydrogens is 634 g/mol. The van der Waals surface area contributed by atoms with Crippen LogP contribution in [0.1, 0.15) is 92.7 Å². The van der Waals surface area contributed by atoms with Crippen LogP contribution >= 0.6 is 0 Å². The highest BCUT2D eigenvalue weighted by atomic mass is 16.6. The van der Waals surface area contributed by atoms with Gasteiger partial charge in [-0.25, -0.2) is 14.8 Å². The first kappa shape index (κ1) is 37.3. The molecule has 1 amide bonds. The van der Waals surface area contributed by atoms with Crippen molar-refractivity contribution in [3.63, 3.8) is 0 Å². The van der Waals surface area contributed by atoms with E-state index in [0.29, 0.717) is 40.2 Å². The van der Waals surface area contributed by atoms with E-state index >= 15 is 0 Å². The fourth-order valence-corrected chi connectivity index (χ4v) is 7.75. The largest absolute Gasteiger partial charge is 0.497 e. The van der Waals surface area contributed by atoms with Gasteiger partial charge in [0.2, 0.25) is 11.8 Å². The summed E-state index contributed by atoms with van der Waals surface area (Å²) in [6.07, 6.45) is 7.78. The van der Waals surface area contributed by atoms with Crippen LogP contribution in [0.15, 0.2) is 37.4 Å². The van der Waals surface area contributed by atoms with Crippen LogP contribution in [0.2, 0.25) is 0 Å². The van der Waals surface area contributed by atoms with Gasteiger partial charge < -0.3 is 23.8 Å². The monoisotopic (exact) mass is 689 g/mol. The van der Waals surface area contributed by atoms with Crippen molar-refractivity contribution in [2.45, 2.75) is 111 Å². The van der Waals surface area contributed by atoms with Crippen LogP contribution in [0.5, 0.6) is 11.6 Å². The highest BCUT2D eigenvalue weighted by Gasteiger charge is 2.55. The number of unbranched alkanes of at least 4 members (excludes halogenated alkanes) is 1. The summed E-state index contributed by atoms with van der Waals surface area (Å²) in [6.45, 7) is 20.9. The molecule has 2 aliphatic carbocycles. The lowest BCUT2D eigenvalue weighted by Crippen LogP contribution is -2.50. The van der Waals surface area contributed by atoms with Crippen LogP contribution in [0, 0.1) is 35.0 Å². The predicted molar refractivity (Wildman–Crippen MR) is 192 cm³/mol. The number of allylic oxidation sites excluding steroid dienone is 1. The van der Waals surface area contributed by atoms with Gasteiger partial charge in [0.05, 0.1) is 37.0 Å². The first-order valence-corrected chi connectivity index (χ1v) is 18.0. The topological polar surface area (TPSA) is 117 Å². The second-order valence-corrected chi connectivity index (χ2v) is 16.4. The Bertz CT molecular complexity index is 1610. The SMILES string of the molecule is C=CCCC[C@@H]1[C@H]2C[C@H]2C[C@H]1OC(=O)C[C@H](C(=O)N1C[C@H](Oc2nc3cc(OC)ccc3nc2C=C)[C@@H](C)[C@H]1C(=O)OC(C)(C)C)C(C)(C)C. The van der Waals surface area contributed by atoms with E-state index < -0.39 is 41.0 Å². The Labute approximate surface area is 297 Å². The van der Waals surface area contributed by atoms with E-state index in [4.69, 9.17) is 23.9 Å². The lowest BCUT2D eigenvalue weighted by Gasteiger charge is -2.35. The van der Waals surface area contributed by atoms with Crippen molar-refractivity contribution in [3.8, 4) is 11.6 Å². The fourth-order valence-electron chi connectivity index (χ4n) is 7.75. The average Bonchev–Trinajstić information content (AvgIpc) is 3.61. The number of rotatable bonds is 13. The van der Waals surface area contributed by atoms with E-state index in [1.807, 2.05) is 39.8 Å². The van der Waals surface area contributed by atoms with Gasteiger partial charge in [0.25, 0.3) is 0 Å². The lowest BCUT2D eigenvalue weighted by atomic mass is 9.77. The summed E-state index contributed by atoms with van der Waals surface area (Å²) < 4.78 is 23.9. The minimum atomic E-state index is -0.940. The van der Waals surface area contributed by atoms with E-state index in [2.05, 4.69) is 18.1 Å². The number of hydrogen-bond donors (Lipinski definition) is 0. The van der Waals surface area contributed by atoms with Crippen molar-refractivity contribution in [2.75, 3.05) is 13.7 Å². The summed E-state index contributed by atoms with van der Waals surface area (Å²) in [5, 5.41) is 0. The third-order valence-corrected chi connectivity index (χ3v) is 10.5. The summed E-state index contributed by atoms with van der Waals surface area (Å²) in [4.78, 5) is 53.0. The van der Waals surface area contributed by atoms with Gasteiger partial charge in [0.15, 0.2) is 0 Å². The quantitative estimate of drug-likeness (QED) is 0.122. The molecular formula is C40H55N3O7.